The van der Waals surface area contributed by atoms with Gasteiger partial charge in [0.15, 0.2) is 11.5 Å². The van der Waals surface area contributed by atoms with Crippen LogP contribution in [-0.4, -0.2) is 185 Å². The zero-order valence-corrected chi connectivity index (χ0v) is 50.3. The van der Waals surface area contributed by atoms with Gasteiger partial charge in [-0.1, -0.05) is 68.2 Å². The number of nitriles is 1. The van der Waals surface area contributed by atoms with Gasteiger partial charge in [-0.25, -0.2) is 4.98 Å². The average molecular weight is 1210 g/mol. The number of ether oxygens (including phenoxy) is 7. The molecule has 3 aromatic carbocycles. The maximum Gasteiger partial charge on any atom is 0.246 e. The fourth-order valence-corrected chi connectivity index (χ4v) is 10.9. The van der Waals surface area contributed by atoms with Crippen LogP contribution in [-0.2, 0) is 44.7 Å². The van der Waals surface area contributed by atoms with Crippen molar-refractivity contribution < 1.29 is 57.4 Å². The van der Waals surface area contributed by atoms with Gasteiger partial charge in [0.1, 0.15) is 23.9 Å². The molecule has 4 heterocycles. The number of methoxy groups -OCH3 is 2. The van der Waals surface area contributed by atoms with Gasteiger partial charge in [-0.05, 0) is 42.0 Å². The SMILES string of the molecule is COc1cc(Nc2c(C#N)cnc3cc(OCCCN4CCN(C(=O)CCOCCOCCOCCOCCC(=O)N[C@H](C(=O)N5C[C@H](O)C[C@H]5C(=O)NCc5ccc(-c6scnc6C)cc5)C(C)(C)C)CC4)c(OC)cc23)c(Cl)cc1Cl. The van der Waals surface area contributed by atoms with Gasteiger partial charge in [-0.2, -0.15) is 5.26 Å². The fourth-order valence-electron chi connectivity index (χ4n) is 9.56. The number of benzene rings is 3. The number of pyridine rings is 1. The number of aromatic nitrogens is 2. The van der Waals surface area contributed by atoms with Crippen LogP contribution in [0.2, 0.25) is 10.0 Å². The van der Waals surface area contributed by atoms with E-state index in [1.54, 1.807) is 42.7 Å². The number of amides is 4. The molecule has 2 aliphatic rings. The van der Waals surface area contributed by atoms with Crippen LogP contribution in [0.5, 0.6) is 17.2 Å². The van der Waals surface area contributed by atoms with E-state index in [1.165, 1.54) is 18.2 Å². The molecule has 2 fully saturated rings. The van der Waals surface area contributed by atoms with Gasteiger partial charge in [0, 0.05) is 82.4 Å². The van der Waals surface area contributed by atoms with E-state index in [4.69, 9.17) is 56.4 Å². The number of carbonyl (C=O) groups excluding carboxylic acids is 4. The molecule has 0 spiro atoms. The molecule has 4 N–H and O–H groups in total. The summed E-state index contributed by atoms with van der Waals surface area (Å²) >= 11 is 14.3. The smallest absolute Gasteiger partial charge is 0.246 e. The van der Waals surface area contributed by atoms with Gasteiger partial charge in [0.05, 0.1) is 135 Å². The number of anilines is 2. The Kier molecular flexibility index (Phi) is 24.3. The number of hydrogen-bond acceptors (Lipinski definition) is 18. The lowest BCUT2D eigenvalue weighted by molar-refractivity contribution is -0.144. The Bertz CT molecular complexity index is 3020. The lowest BCUT2D eigenvalue weighted by Crippen LogP contribution is -2.57. The molecule has 2 saturated heterocycles. The molecule has 448 valence electrons. The zero-order valence-electron chi connectivity index (χ0n) is 47.9. The normalized spacial score (nSPS) is 15.9. The van der Waals surface area contributed by atoms with Crippen LogP contribution < -0.4 is 30.2 Å². The highest BCUT2D eigenvalue weighted by Crippen LogP contribution is 2.41. The van der Waals surface area contributed by atoms with Crippen LogP contribution in [0.1, 0.15) is 63.3 Å². The molecule has 4 amide bonds. The number of aliphatic hydroxyl groups excluding tert-OH is 1. The van der Waals surface area contributed by atoms with E-state index in [-0.39, 0.29) is 63.3 Å². The summed E-state index contributed by atoms with van der Waals surface area (Å²) < 4.78 is 39.7. The molecule has 0 saturated carbocycles. The predicted molar refractivity (Wildman–Crippen MR) is 317 cm³/mol. The molecular formula is C59H75Cl2N9O12S. The van der Waals surface area contributed by atoms with Crippen LogP contribution in [0.25, 0.3) is 21.3 Å². The second-order valence-corrected chi connectivity index (χ2v) is 22.8. The van der Waals surface area contributed by atoms with Gasteiger partial charge < -0.3 is 64.0 Å². The number of fused-ring (bicyclic) bond motifs is 1. The maximum atomic E-state index is 14.0. The molecule has 0 aliphatic carbocycles. The van der Waals surface area contributed by atoms with E-state index in [2.05, 4.69) is 36.9 Å². The minimum Gasteiger partial charge on any atom is -0.495 e. The standard InChI is InChI=1S/C59H75Cl2N9O12S/c1-38-55(83-37-65-38)40-10-8-39(9-11-40)34-64-57(74)48-28-42(71)36-70(48)58(75)56(59(2,3)4)67-52(72)12-20-78-22-24-80-26-27-81-25-23-79-21-13-53(73)69-17-15-68(16-18-69)14-7-19-82-51-31-46-43(29-50(51)77-6)54(41(33-62)35-63-46)66-47-32-49(76-5)45(61)30-44(47)60/h8-11,29-32,35,37,42,48,56,71H,7,12-28,34,36H2,1-6H3,(H,63,66)(H,64,74)(H,67,72)/t42-,48+,56-/m1/s1. The van der Waals surface area contributed by atoms with Crippen molar-refractivity contribution in [3.8, 4) is 33.8 Å². The fraction of sp³-hybridized carbons (Fsp3) is 0.508. The van der Waals surface area contributed by atoms with Crippen molar-refractivity contribution in [1.82, 2.24) is 35.3 Å². The number of rotatable bonds is 30. The molecule has 21 nitrogen and oxygen atoms in total. The first-order valence-corrected chi connectivity index (χ1v) is 29.3. The predicted octanol–water partition coefficient (Wildman–Crippen LogP) is 7.17. The third-order valence-electron chi connectivity index (χ3n) is 14.1. The Morgan fingerprint density at radius 1 is 0.831 bits per heavy atom. The highest BCUT2D eigenvalue weighted by molar-refractivity contribution is 7.13. The average Bonchev–Trinajstić information content (AvgIpc) is 4.26. The van der Waals surface area contributed by atoms with Crippen molar-refractivity contribution in [2.75, 3.05) is 118 Å². The monoisotopic (exact) mass is 1200 g/mol. The molecule has 2 aromatic heterocycles. The Morgan fingerprint density at radius 3 is 2.12 bits per heavy atom. The lowest BCUT2D eigenvalue weighted by atomic mass is 9.85. The van der Waals surface area contributed by atoms with E-state index < -0.39 is 29.5 Å². The number of aliphatic hydroxyl groups is 1. The Labute approximate surface area is 498 Å². The van der Waals surface area contributed by atoms with E-state index in [0.29, 0.717) is 114 Å². The van der Waals surface area contributed by atoms with Crippen molar-refractivity contribution in [3.63, 3.8) is 0 Å². The highest BCUT2D eigenvalue weighted by Gasteiger charge is 2.44. The first kappa shape index (κ1) is 64.2. The summed E-state index contributed by atoms with van der Waals surface area (Å²) in [5.41, 5.74) is 5.90. The number of nitrogens with one attached hydrogen (secondary N) is 3. The number of thiazole rings is 1. The summed E-state index contributed by atoms with van der Waals surface area (Å²) in [5.74, 6) is 0.295. The van der Waals surface area contributed by atoms with Gasteiger partial charge in [0.2, 0.25) is 23.6 Å². The third-order valence-corrected chi connectivity index (χ3v) is 15.7. The molecule has 83 heavy (non-hydrogen) atoms. The van der Waals surface area contributed by atoms with E-state index in [1.807, 2.05) is 62.4 Å². The molecule has 7 rings (SSSR count). The Morgan fingerprint density at radius 2 is 1.49 bits per heavy atom. The molecular weight excluding hydrogens is 1130 g/mol. The van der Waals surface area contributed by atoms with Crippen LogP contribution in [0.15, 0.2) is 60.2 Å². The summed E-state index contributed by atoms with van der Waals surface area (Å²) in [6.07, 6.45) is 1.75. The number of β-amino-alcohol motifs (C(OH)–C–C–N with tert-alkyl or cyclic N) is 1. The van der Waals surface area contributed by atoms with Crippen molar-refractivity contribution in [2.45, 2.75) is 78.1 Å². The van der Waals surface area contributed by atoms with Crippen molar-refractivity contribution >= 4 is 80.4 Å². The molecule has 2 aliphatic heterocycles. The van der Waals surface area contributed by atoms with Gasteiger partial charge in [-0.15, -0.1) is 11.3 Å². The van der Waals surface area contributed by atoms with Crippen LogP contribution in [0.3, 0.4) is 0 Å². The lowest BCUT2D eigenvalue weighted by Gasteiger charge is -2.35. The van der Waals surface area contributed by atoms with Crippen molar-refractivity contribution in [1.29, 1.82) is 5.26 Å². The van der Waals surface area contributed by atoms with E-state index in [9.17, 15) is 29.5 Å². The second-order valence-electron chi connectivity index (χ2n) is 21.1. The largest absolute Gasteiger partial charge is 0.495 e. The molecule has 5 aromatic rings. The number of likely N-dealkylation sites (tertiary alicyclic amines) is 1. The number of carbonyl (C=O) groups is 4. The molecule has 3 atom stereocenters. The quantitative estimate of drug-likeness (QED) is 0.0333. The summed E-state index contributed by atoms with van der Waals surface area (Å²) in [5, 5.41) is 30.9. The number of halogens is 2. The third kappa shape index (κ3) is 18.3. The Hall–Kier alpha value is -6.39. The summed E-state index contributed by atoms with van der Waals surface area (Å²) in [7, 11) is 3.06. The molecule has 0 bridgehead atoms. The minimum absolute atomic E-state index is 0.0119. The Balaban J connectivity index is 0.696. The summed E-state index contributed by atoms with van der Waals surface area (Å²) in [4.78, 5) is 68.9. The van der Waals surface area contributed by atoms with Crippen LogP contribution in [0.4, 0.5) is 11.4 Å². The number of piperazine rings is 1. The topological polar surface area (TPSA) is 248 Å². The minimum atomic E-state index is -0.943. The summed E-state index contributed by atoms with van der Waals surface area (Å²) in [6.45, 7) is 14.0. The van der Waals surface area contributed by atoms with Gasteiger partial charge in [-0.3, -0.25) is 29.1 Å². The molecule has 0 unspecified atom stereocenters. The van der Waals surface area contributed by atoms with Gasteiger partial charge in [0.25, 0.3) is 0 Å². The summed E-state index contributed by atoms with van der Waals surface area (Å²) in [6, 6.07) is 15.0. The number of hydrogen-bond donors (Lipinski definition) is 4. The van der Waals surface area contributed by atoms with Crippen molar-refractivity contribution in [2.24, 2.45) is 5.41 Å². The first-order valence-electron chi connectivity index (χ1n) is 27.7. The first-order chi connectivity index (χ1) is 40.0. The van der Waals surface area contributed by atoms with Crippen molar-refractivity contribution in [3.05, 3.63) is 87.1 Å². The molecule has 0 radical (unpaired) electrons. The van der Waals surface area contributed by atoms with Crippen LogP contribution >= 0.6 is 34.5 Å². The van der Waals surface area contributed by atoms with Gasteiger partial charge >= 0.3 is 0 Å². The highest BCUT2D eigenvalue weighted by atomic mass is 35.5. The zero-order chi connectivity index (χ0) is 59.5. The van der Waals surface area contributed by atoms with Crippen LogP contribution in [0, 0.1) is 23.7 Å². The van der Waals surface area contributed by atoms with E-state index in [0.717, 1.165) is 47.8 Å². The second kappa shape index (κ2) is 31.5. The maximum absolute atomic E-state index is 14.0. The number of aryl methyl sites for hydroxylation is 1. The van der Waals surface area contributed by atoms with E-state index >= 15 is 0 Å². The number of nitrogens with zero attached hydrogens (tertiary/aromatic N) is 6. The molecule has 24 heteroatoms.